The monoisotopic (exact) mass is 247 g/mol. The SMILES string of the molecule is Brc1cncc2c1[nH]c1cccnc12. The van der Waals surface area contributed by atoms with Crippen LogP contribution in [0.2, 0.25) is 0 Å². The number of rotatable bonds is 0. The molecule has 0 bridgehead atoms. The molecular formula is C10H6BrN3. The second-order valence-corrected chi connectivity index (χ2v) is 3.92. The average Bonchev–Trinajstić information content (AvgIpc) is 2.59. The van der Waals surface area contributed by atoms with E-state index in [1.54, 1.807) is 12.4 Å². The zero-order valence-corrected chi connectivity index (χ0v) is 8.75. The Bertz CT molecular complexity index is 615. The topological polar surface area (TPSA) is 41.6 Å². The summed E-state index contributed by atoms with van der Waals surface area (Å²) in [6.07, 6.45) is 5.39. The van der Waals surface area contributed by atoms with Gasteiger partial charge in [-0.3, -0.25) is 9.97 Å². The van der Waals surface area contributed by atoms with Gasteiger partial charge in [-0.2, -0.15) is 0 Å². The maximum atomic E-state index is 4.32. The van der Waals surface area contributed by atoms with E-state index < -0.39 is 0 Å². The highest BCUT2D eigenvalue weighted by molar-refractivity contribution is 9.10. The number of halogens is 1. The Labute approximate surface area is 88.3 Å². The highest BCUT2D eigenvalue weighted by Crippen LogP contribution is 2.27. The van der Waals surface area contributed by atoms with Crippen LogP contribution in [0.15, 0.2) is 35.2 Å². The van der Waals surface area contributed by atoms with Crippen LogP contribution >= 0.6 is 15.9 Å². The Morgan fingerprint density at radius 2 is 2.21 bits per heavy atom. The van der Waals surface area contributed by atoms with Gasteiger partial charge in [-0.15, -0.1) is 0 Å². The summed E-state index contributed by atoms with van der Waals surface area (Å²) in [5.41, 5.74) is 3.06. The third-order valence-electron chi connectivity index (χ3n) is 2.22. The Morgan fingerprint density at radius 1 is 1.29 bits per heavy atom. The van der Waals surface area contributed by atoms with E-state index in [1.165, 1.54) is 0 Å². The molecule has 3 aromatic rings. The van der Waals surface area contributed by atoms with Crippen molar-refractivity contribution in [1.29, 1.82) is 0 Å². The summed E-state index contributed by atoms with van der Waals surface area (Å²) in [6.45, 7) is 0. The Morgan fingerprint density at radius 3 is 3.14 bits per heavy atom. The summed E-state index contributed by atoms with van der Waals surface area (Å²) in [5.74, 6) is 0. The van der Waals surface area contributed by atoms with E-state index in [0.717, 1.165) is 26.4 Å². The Balaban J connectivity index is 2.63. The van der Waals surface area contributed by atoms with Crippen LogP contribution < -0.4 is 0 Å². The van der Waals surface area contributed by atoms with Crippen molar-refractivity contribution in [2.24, 2.45) is 0 Å². The van der Waals surface area contributed by atoms with Gasteiger partial charge < -0.3 is 4.98 Å². The van der Waals surface area contributed by atoms with Crippen molar-refractivity contribution in [2.75, 3.05) is 0 Å². The lowest BCUT2D eigenvalue weighted by Crippen LogP contribution is -1.74. The predicted molar refractivity (Wildman–Crippen MR) is 59.1 cm³/mol. The van der Waals surface area contributed by atoms with Crippen molar-refractivity contribution in [3.8, 4) is 0 Å². The molecule has 0 unspecified atom stereocenters. The third-order valence-corrected chi connectivity index (χ3v) is 2.82. The van der Waals surface area contributed by atoms with Crippen LogP contribution in [0.1, 0.15) is 0 Å². The van der Waals surface area contributed by atoms with Gasteiger partial charge in [0.25, 0.3) is 0 Å². The number of nitrogens with one attached hydrogen (secondary N) is 1. The van der Waals surface area contributed by atoms with Gasteiger partial charge >= 0.3 is 0 Å². The second kappa shape index (κ2) is 2.78. The van der Waals surface area contributed by atoms with Crippen LogP contribution in [0.5, 0.6) is 0 Å². The van der Waals surface area contributed by atoms with E-state index in [2.05, 4.69) is 30.9 Å². The van der Waals surface area contributed by atoms with Gasteiger partial charge in [-0.1, -0.05) is 0 Å². The molecule has 0 aliphatic carbocycles. The molecule has 3 heterocycles. The Hall–Kier alpha value is -1.42. The van der Waals surface area contributed by atoms with Gasteiger partial charge in [-0.25, -0.2) is 0 Å². The van der Waals surface area contributed by atoms with E-state index in [0.29, 0.717) is 0 Å². The van der Waals surface area contributed by atoms with Crippen molar-refractivity contribution in [3.63, 3.8) is 0 Å². The van der Waals surface area contributed by atoms with Gasteiger partial charge in [0, 0.05) is 24.0 Å². The smallest absolute Gasteiger partial charge is 0.0973 e. The second-order valence-electron chi connectivity index (χ2n) is 3.07. The highest BCUT2D eigenvalue weighted by atomic mass is 79.9. The summed E-state index contributed by atoms with van der Waals surface area (Å²) in [6, 6.07) is 3.92. The first-order chi connectivity index (χ1) is 6.86. The molecule has 4 heteroatoms. The van der Waals surface area contributed by atoms with Crippen molar-refractivity contribution in [3.05, 3.63) is 35.2 Å². The van der Waals surface area contributed by atoms with Gasteiger partial charge in [-0.05, 0) is 28.1 Å². The fourth-order valence-electron chi connectivity index (χ4n) is 1.60. The van der Waals surface area contributed by atoms with Crippen LogP contribution in [0.4, 0.5) is 0 Å². The molecule has 0 aliphatic rings. The van der Waals surface area contributed by atoms with E-state index in [4.69, 9.17) is 0 Å². The van der Waals surface area contributed by atoms with Crippen molar-refractivity contribution in [2.45, 2.75) is 0 Å². The summed E-state index contributed by atoms with van der Waals surface area (Å²) in [5, 5.41) is 1.05. The summed E-state index contributed by atoms with van der Waals surface area (Å²) < 4.78 is 0.966. The zero-order chi connectivity index (χ0) is 9.54. The lowest BCUT2D eigenvalue weighted by Gasteiger charge is -1.90. The third kappa shape index (κ3) is 0.974. The molecule has 0 amide bonds. The zero-order valence-electron chi connectivity index (χ0n) is 7.16. The molecule has 1 N–H and O–H groups in total. The maximum Gasteiger partial charge on any atom is 0.0973 e. The molecule has 14 heavy (non-hydrogen) atoms. The fraction of sp³-hybridized carbons (Fsp3) is 0. The minimum absolute atomic E-state index is 0.966. The number of aromatic amines is 1. The van der Waals surface area contributed by atoms with Crippen LogP contribution in [0.25, 0.3) is 21.9 Å². The lowest BCUT2D eigenvalue weighted by atomic mass is 10.3. The van der Waals surface area contributed by atoms with Gasteiger partial charge in [0.05, 0.1) is 21.0 Å². The number of pyridine rings is 2. The number of aromatic nitrogens is 3. The lowest BCUT2D eigenvalue weighted by molar-refractivity contribution is 1.34. The van der Waals surface area contributed by atoms with E-state index in [9.17, 15) is 0 Å². The Kier molecular flexibility index (Phi) is 1.58. The average molecular weight is 248 g/mol. The first-order valence-corrected chi connectivity index (χ1v) is 5.01. The van der Waals surface area contributed by atoms with Crippen LogP contribution in [0.3, 0.4) is 0 Å². The number of hydrogen-bond donors (Lipinski definition) is 1. The normalized spacial score (nSPS) is 11.2. The van der Waals surface area contributed by atoms with Gasteiger partial charge in [0.2, 0.25) is 0 Å². The molecular weight excluding hydrogens is 242 g/mol. The first-order valence-electron chi connectivity index (χ1n) is 4.22. The van der Waals surface area contributed by atoms with Crippen molar-refractivity contribution in [1.82, 2.24) is 15.0 Å². The molecule has 0 radical (unpaired) electrons. The van der Waals surface area contributed by atoms with Crippen molar-refractivity contribution >= 4 is 37.9 Å². The highest BCUT2D eigenvalue weighted by Gasteiger charge is 2.06. The first kappa shape index (κ1) is 7.94. The summed E-state index contributed by atoms with van der Waals surface area (Å²) >= 11 is 3.45. The summed E-state index contributed by atoms with van der Waals surface area (Å²) in [4.78, 5) is 11.7. The molecule has 0 saturated carbocycles. The van der Waals surface area contributed by atoms with E-state index in [-0.39, 0.29) is 0 Å². The van der Waals surface area contributed by atoms with Crippen LogP contribution in [-0.4, -0.2) is 15.0 Å². The molecule has 0 aliphatic heterocycles. The maximum absolute atomic E-state index is 4.32. The van der Waals surface area contributed by atoms with Crippen molar-refractivity contribution < 1.29 is 0 Å². The molecule has 0 spiro atoms. The number of hydrogen-bond acceptors (Lipinski definition) is 2. The van der Waals surface area contributed by atoms with E-state index >= 15 is 0 Å². The number of H-pyrrole nitrogens is 1. The molecule has 3 nitrogen and oxygen atoms in total. The molecule has 0 saturated heterocycles. The molecule has 3 rings (SSSR count). The molecule has 0 aromatic carbocycles. The largest absolute Gasteiger partial charge is 0.352 e. The number of fused-ring (bicyclic) bond motifs is 3. The van der Waals surface area contributed by atoms with Crippen LogP contribution in [-0.2, 0) is 0 Å². The fourth-order valence-corrected chi connectivity index (χ4v) is 2.03. The molecule has 68 valence electrons. The number of nitrogens with zero attached hydrogens (tertiary/aromatic N) is 2. The minimum atomic E-state index is 0.966. The van der Waals surface area contributed by atoms with Gasteiger partial charge in [0.1, 0.15) is 0 Å². The van der Waals surface area contributed by atoms with E-state index in [1.807, 2.05) is 18.3 Å². The molecule has 3 aromatic heterocycles. The van der Waals surface area contributed by atoms with Gasteiger partial charge in [0.15, 0.2) is 0 Å². The molecule has 0 fully saturated rings. The predicted octanol–water partition coefficient (Wildman–Crippen LogP) is 2.87. The minimum Gasteiger partial charge on any atom is -0.352 e. The molecule has 0 atom stereocenters. The standard InChI is InChI=1S/C10H6BrN3/c11-7-5-12-4-6-9(7)14-8-2-1-3-13-10(6)8/h1-5,14H. The summed E-state index contributed by atoms with van der Waals surface area (Å²) in [7, 11) is 0. The quantitative estimate of drug-likeness (QED) is 0.664. The van der Waals surface area contributed by atoms with Crippen LogP contribution in [0, 0.1) is 0 Å².